The van der Waals surface area contributed by atoms with Crippen LogP contribution >= 0.6 is 0 Å². The first-order valence-corrected chi connectivity index (χ1v) is 7.03. The van der Waals surface area contributed by atoms with Gasteiger partial charge in [0.2, 0.25) is 0 Å². The zero-order valence-corrected chi connectivity index (χ0v) is 12.0. The van der Waals surface area contributed by atoms with Crippen molar-refractivity contribution in [2.75, 3.05) is 13.7 Å². The summed E-state index contributed by atoms with van der Waals surface area (Å²) in [5.74, 6) is -0.0751. The number of rotatable bonds is 6. The normalized spacial score (nSPS) is 23.1. The fourth-order valence-corrected chi connectivity index (χ4v) is 2.48. The Morgan fingerprint density at radius 1 is 1.40 bits per heavy atom. The van der Waals surface area contributed by atoms with Crippen LogP contribution in [0.4, 0.5) is 0 Å². The van der Waals surface area contributed by atoms with Crippen LogP contribution < -0.4 is 5.48 Å². The van der Waals surface area contributed by atoms with Gasteiger partial charge in [-0.25, -0.2) is 5.06 Å². The second kappa shape index (κ2) is 7.38. The largest absolute Gasteiger partial charge is 0.305 e. The molecule has 20 heavy (non-hydrogen) atoms. The average Bonchev–Trinajstić information content (AvgIpc) is 2.47. The van der Waals surface area contributed by atoms with Gasteiger partial charge in [0.15, 0.2) is 0 Å². The van der Waals surface area contributed by atoms with Gasteiger partial charge in [-0.3, -0.25) is 9.63 Å². The molecule has 2 rings (SSSR count). The maximum absolute atomic E-state index is 12.5. The van der Waals surface area contributed by atoms with Gasteiger partial charge in [-0.15, -0.1) is 0 Å². The lowest BCUT2D eigenvalue weighted by Gasteiger charge is -2.36. The smallest absolute Gasteiger partial charge is 0.251 e. The maximum Gasteiger partial charge on any atom is 0.251 e. The first-order valence-electron chi connectivity index (χ1n) is 7.03. The van der Waals surface area contributed by atoms with Crippen LogP contribution in [0.15, 0.2) is 30.3 Å². The van der Waals surface area contributed by atoms with Crippen molar-refractivity contribution in [1.29, 1.82) is 0 Å². The molecule has 1 heterocycles. The molecule has 0 aromatic heterocycles. The first-order chi connectivity index (χ1) is 9.76. The third kappa shape index (κ3) is 3.56. The van der Waals surface area contributed by atoms with E-state index < -0.39 is 0 Å². The quantitative estimate of drug-likeness (QED) is 0.807. The Hall–Kier alpha value is -1.43. The molecule has 2 atom stereocenters. The molecule has 1 aromatic rings. The van der Waals surface area contributed by atoms with Crippen LogP contribution in [0.5, 0.6) is 0 Å². The molecule has 1 amide bonds. The highest BCUT2D eigenvalue weighted by atomic mass is 16.7. The number of nitrogens with one attached hydrogen (secondary N) is 1. The van der Waals surface area contributed by atoms with E-state index in [1.807, 2.05) is 30.3 Å². The summed E-state index contributed by atoms with van der Waals surface area (Å²) in [6.45, 7) is 3.00. The van der Waals surface area contributed by atoms with Crippen molar-refractivity contribution in [3.8, 4) is 0 Å². The van der Waals surface area contributed by atoms with Crippen molar-refractivity contribution in [3.63, 3.8) is 0 Å². The van der Waals surface area contributed by atoms with E-state index in [0.717, 1.165) is 18.4 Å². The minimum atomic E-state index is -0.0996. The maximum atomic E-state index is 12.5. The average molecular weight is 278 g/mol. The molecule has 0 aliphatic carbocycles. The van der Waals surface area contributed by atoms with Gasteiger partial charge in [-0.05, 0) is 12.0 Å². The lowest BCUT2D eigenvalue weighted by molar-refractivity contribution is -0.222. The van der Waals surface area contributed by atoms with E-state index in [-0.39, 0.29) is 17.9 Å². The van der Waals surface area contributed by atoms with Crippen LogP contribution in [-0.2, 0) is 21.0 Å². The Bertz CT molecular complexity index is 424. The van der Waals surface area contributed by atoms with Gasteiger partial charge < -0.3 is 4.84 Å². The summed E-state index contributed by atoms with van der Waals surface area (Å²) in [7, 11) is 1.56. The van der Waals surface area contributed by atoms with Crippen molar-refractivity contribution in [2.24, 2.45) is 5.92 Å². The summed E-state index contributed by atoms with van der Waals surface area (Å²) < 4.78 is 0. The molecule has 0 saturated carbocycles. The van der Waals surface area contributed by atoms with E-state index in [1.165, 1.54) is 5.06 Å². The summed E-state index contributed by atoms with van der Waals surface area (Å²) in [5, 5.41) is 1.48. The number of benzene rings is 1. The van der Waals surface area contributed by atoms with E-state index in [9.17, 15) is 4.79 Å². The second-order valence-corrected chi connectivity index (χ2v) is 4.98. The molecule has 0 spiro atoms. The molecular weight excluding hydrogens is 256 g/mol. The fourth-order valence-electron chi connectivity index (χ4n) is 2.48. The Kier molecular flexibility index (Phi) is 5.52. The summed E-state index contributed by atoms with van der Waals surface area (Å²) in [4.78, 5) is 23.0. The van der Waals surface area contributed by atoms with E-state index in [0.29, 0.717) is 13.2 Å². The van der Waals surface area contributed by atoms with Crippen LogP contribution in [-0.4, -0.2) is 30.7 Å². The number of carbonyl (C=O) groups excluding carboxylic acids is 1. The van der Waals surface area contributed by atoms with Gasteiger partial charge >= 0.3 is 0 Å². The Morgan fingerprint density at radius 2 is 2.15 bits per heavy atom. The van der Waals surface area contributed by atoms with Gasteiger partial charge in [0.25, 0.3) is 5.91 Å². The molecule has 110 valence electrons. The van der Waals surface area contributed by atoms with Gasteiger partial charge in [0.05, 0.1) is 32.2 Å². The number of hydroxylamine groups is 3. The van der Waals surface area contributed by atoms with Crippen molar-refractivity contribution in [2.45, 2.75) is 32.4 Å². The van der Waals surface area contributed by atoms with Gasteiger partial charge in [-0.1, -0.05) is 43.7 Å². The SMILES string of the molecule is CCC[C@@H]1C(=O)N(Cc2ccccc2)OC[C@@H]1NOC. The number of nitrogens with zero attached hydrogens (tertiary/aromatic N) is 1. The lowest BCUT2D eigenvalue weighted by atomic mass is 9.93. The van der Waals surface area contributed by atoms with Gasteiger partial charge in [0.1, 0.15) is 0 Å². The van der Waals surface area contributed by atoms with Crippen LogP contribution in [0.2, 0.25) is 0 Å². The molecule has 0 radical (unpaired) electrons. The standard InChI is InChI=1S/C15H22N2O3/c1-3-7-13-14(16-19-2)11-20-17(15(13)18)10-12-8-5-4-6-9-12/h4-6,8-9,13-14,16H,3,7,10-11H2,1-2H3/t13-,14-/m0/s1. The molecule has 0 bridgehead atoms. The van der Waals surface area contributed by atoms with E-state index in [2.05, 4.69) is 12.4 Å². The molecule has 1 N–H and O–H groups in total. The van der Waals surface area contributed by atoms with Crippen molar-refractivity contribution in [3.05, 3.63) is 35.9 Å². The third-order valence-electron chi connectivity index (χ3n) is 3.50. The van der Waals surface area contributed by atoms with Crippen LogP contribution in [0, 0.1) is 5.92 Å². The van der Waals surface area contributed by atoms with E-state index in [4.69, 9.17) is 9.68 Å². The van der Waals surface area contributed by atoms with Crippen LogP contribution in [0.3, 0.4) is 0 Å². The van der Waals surface area contributed by atoms with Gasteiger partial charge in [-0.2, -0.15) is 5.48 Å². The van der Waals surface area contributed by atoms with Gasteiger partial charge in [0, 0.05) is 0 Å². The topological polar surface area (TPSA) is 50.8 Å². The molecule has 1 aliphatic heterocycles. The summed E-state index contributed by atoms with van der Waals surface area (Å²) in [6.07, 6.45) is 1.78. The molecule has 0 unspecified atom stereocenters. The zero-order chi connectivity index (χ0) is 14.4. The highest BCUT2D eigenvalue weighted by molar-refractivity contribution is 5.79. The van der Waals surface area contributed by atoms with E-state index in [1.54, 1.807) is 7.11 Å². The molecule has 1 aromatic carbocycles. The summed E-state index contributed by atoms with van der Waals surface area (Å²) in [6, 6.07) is 9.78. The van der Waals surface area contributed by atoms with Crippen molar-refractivity contribution in [1.82, 2.24) is 10.5 Å². The van der Waals surface area contributed by atoms with Crippen LogP contribution in [0.1, 0.15) is 25.3 Å². The minimum Gasteiger partial charge on any atom is -0.305 e. The Morgan fingerprint density at radius 3 is 2.80 bits per heavy atom. The number of amides is 1. The second-order valence-electron chi connectivity index (χ2n) is 4.98. The summed E-state index contributed by atoms with van der Waals surface area (Å²) >= 11 is 0. The highest BCUT2D eigenvalue weighted by Crippen LogP contribution is 2.22. The molecule has 5 heteroatoms. The monoisotopic (exact) mass is 278 g/mol. The predicted octanol–water partition coefficient (Wildman–Crippen LogP) is 1.90. The molecule has 1 fully saturated rings. The predicted molar refractivity (Wildman–Crippen MR) is 75.3 cm³/mol. The first kappa shape index (κ1) is 15.0. The zero-order valence-electron chi connectivity index (χ0n) is 12.0. The fraction of sp³-hybridized carbons (Fsp3) is 0.533. The molecular formula is C15H22N2O3. The highest BCUT2D eigenvalue weighted by Gasteiger charge is 2.37. The molecule has 1 aliphatic rings. The van der Waals surface area contributed by atoms with E-state index >= 15 is 0 Å². The van der Waals surface area contributed by atoms with Crippen molar-refractivity contribution >= 4 is 5.91 Å². The molecule has 5 nitrogen and oxygen atoms in total. The number of hydrogen-bond donors (Lipinski definition) is 1. The van der Waals surface area contributed by atoms with Crippen LogP contribution in [0.25, 0.3) is 0 Å². The summed E-state index contributed by atoms with van der Waals surface area (Å²) in [5.41, 5.74) is 3.93. The third-order valence-corrected chi connectivity index (χ3v) is 3.50. The minimum absolute atomic E-state index is 0.0245. The van der Waals surface area contributed by atoms with Crippen molar-refractivity contribution < 1.29 is 14.5 Å². The number of carbonyl (C=O) groups is 1. The Labute approximate surface area is 119 Å². The Balaban J connectivity index is 2.03. The molecule has 1 saturated heterocycles. The lowest BCUT2D eigenvalue weighted by Crippen LogP contribution is -2.54. The number of hydrogen-bond acceptors (Lipinski definition) is 4.